The highest BCUT2D eigenvalue weighted by Gasteiger charge is 2.22. The second kappa shape index (κ2) is 11.9. The van der Waals surface area contributed by atoms with E-state index in [1.807, 2.05) is 20.8 Å². The number of nitrogens with one attached hydrogen (secondary N) is 2. The molecule has 2 atom stereocenters. The summed E-state index contributed by atoms with van der Waals surface area (Å²) in [7, 11) is -0.849. The highest BCUT2D eigenvalue weighted by atomic mass is 32.2. The van der Waals surface area contributed by atoms with Crippen LogP contribution in [0.5, 0.6) is 0 Å². The predicted molar refractivity (Wildman–Crippen MR) is 112 cm³/mol. The van der Waals surface area contributed by atoms with Gasteiger partial charge in [0.25, 0.3) is 0 Å². The molecule has 0 spiro atoms. The van der Waals surface area contributed by atoms with Crippen molar-refractivity contribution in [2.75, 3.05) is 51.7 Å². The third-order valence-corrected chi connectivity index (χ3v) is 6.31. The number of nitrogens with zero attached hydrogens (tertiary/aromatic N) is 2. The summed E-state index contributed by atoms with van der Waals surface area (Å²) in [6.45, 7) is 18.5. The first-order chi connectivity index (χ1) is 12.2. The molecule has 0 aromatic rings. The van der Waals surface area contributed by atoms with Crippen molar-refractivity contribution in [3.8, 4) is 0 Å². The summed E-state index contributed by atoms with van der Waals surface area (Å²) in [6.07, 6.45) is 1.14. The topological polar surface area (TPSA) is 66.0 Å². The Morgan fingerprint density at radius 1 is 1.23 bits per heavy atom. The van der Waals surface area contributed by atoms with Crippen molar-refractivity contribution in [3.05, 3.63) is 0 Å². The van der Waals surface area contributed by atoms with Crippen LogP contribution in [0.15, 0.2) is 4.99 Å². The molecule has 1 aliphatic heterocycles. The molecule has 0 bridgehead atoms. The van der Waals surface area contributed by atoms with Crippen LogP contribution in [0.25, 0.3) is 0 Å². The summed E-state index contributed by atoms with van der Waals surface area (Å²) in [5.74, 6) is 2.09. The van der Waals surface area contributed by atoms with Gasteiger partial charge in [0.05, 0.1) is 19.8 Å². The zero-order valence-electron chi connectivity index (χ0n) is 17.6. The Hall–Kier alpha value is -0.660. The Morgan fingerprint density at radius 3 is 2.42 bits per heavy atom. The highest BCUT2D eigenvalue weighted by Crippen LogP contribution is 2.14. The first-order valence-electron chi connectivity index (χ1n) is 9.96. The van der Waals surface area contributed by atoms with Gasteiger partial charge in [-0.15, -0.1) is 0 Å². The van der Waals surface area contributed by atoms with Gasteiger partial charge in [0, 0.05) is 53.5 Å². The molecule has 0 aromatic carbocycles. The van der Waals surface area contributed by atoms with Gasteiger partial charge < -0.3 is 15.4 Å². The van der Waals surface area contributed by atoms with E-state index < -0.39 is 10.8 Å². The van der Waals surface area contributed by atoms with Crippen molar-refractivity contribution in [2.45, 2.75) is 58.8 Å². The summed E-state index contributed by atoms with van der Waals surface area (Å²) in [4.78, 5) is 7.32. The number of ether oxygens (including phenoxy) is 1. The Morgan fingerprint density at radius 2 is 1.88 bits per heavy atom. The number of guanidine groups is 1. The SMILES string of the molecule is CCNC(=NCC(CC(C)C)N1CCOCC1)NCCS(=O)C(C)(C)C. The van der Waals surface area contributed by atoms with Crippen LogP contribution >= 0.6 is 0 Å². The largest absolute Gasteiger partial charge is 0.379 e. The van der Waals surface area contributed by atoms with Crippen molar-refractivity contribution in [1.29, 1.82) is 0 Å². The van der Waals surface area contributed by atoms with Crippen LogP contribution < -0.4 is 10.6 Å². The van der Waals surface area contributed by atoms with Gasteiger partial charge >= 0.3 is 0 Å². The van der Waals surface area contributed by atoms with Gasteiger partial charge in [-0.25, -0.2) is 0 Å². The van der Waals surface area contributed by atoms with E-state index in [4.69, 9.17) is 9.73 Å². The predicted octanol–water partition coefficient (Wildman–Crippen LogP) is 1.84. The zero-order valence-corrected chi connectivity index (χ0v) is 18.5. The molecule has 0 amide bonds. The van der Waals surface area contributed by atoms with E-state index in [0.29, 0.717) is 24.3 Å². The van der Waals surface area contributed by atoms with Crippen LogP contribution in [0.1, 0.15) is 48.0 Å². The molecule has 1 heterocycles. The number of hydrogen-bond acceptors (Lipinski definition) is 4. The quantitative estimate of drug-likeness (QED) is 0.466. The lowest BCUT2D eigenvalue weighted by Gasteiger charge is -2.34. The van der Waals surface area contributed by atoms with E-state index in [9.17, 15) is 4.21 Å². The van der Waals surface area contributed by atoms with Crippen LogP contribution in [0.4, 0.5) is 0 Å². The number of morpholine rings is 1. The molecule has 2 unspecified atom stereocenters. The molecule has 26 heavy (non-hydrogen) atoms. The molecule has 154 valence electrons. The van der Waals surface area contributed by atoms with Crippen LogP contribution in [-0.4, -0.2) is 77.5 Å². The van der Waals surface area contributed by atoms with Gasteiger partial charge in [0.15, 0.2) is 5.96 Å². The van der Waals surface area contributed by atoms with Crippen molar-refractivity contribution >= 4 is 16.8 Å². The van der Waals surface area contributed by atoms with E-state index in [2.05, 4.69) is 36.3 Å². The Labute approximate surface area is 163 Å². The van der Waals surface area contributed by atoms with Crippen molar-refractivity contribution in [1.82, 2.24) is 15.5 Å². The monoisotopic (exact) mass is 388 g/mol. The Bertz CT molecular complexity index is 443. The number of rotatable bonds is 9. The van der Waals surface area contributed by atoms with Crippen LogP contribution in [-0.2, 0) is 15.5 Å². The smallest absolute Gasteiger partial charge is 0.191 e. The molecule has 1 aliphatic rings. The van der Waals surface area contributed by atoms with Gasteiger partial charge in [0.2, 0.25) is 0 Å². The second-order valence-corrected chi connectivity index (χ2v) is 10.6. The minimum absolute atomic E-state index is 0.171. The van der Waals surface area contributed by atoms with Crippen LogP contribution in [0, 0.1) is 5.92 Å². The molecule has 0 aliphatic carbocycles. The van der Waals surface area contributed by atoms with Crippen molar-refractivity contribution in [2.24, 2.45) is 10.9 Å². The van der Waals surface area contributed by atoms with Crippen molar-refractivity contribution in [3.63, 3.8) is 0 Å². The normalized spacial score (nSPS) is 19.4. The van der Waals surface area contributed by atoms with Gasteiger partial charge in [-0.3, -0.25) is 14.1 Å². The summed E-state index contributed by atoms with van der Waals surface area (Å²) in [6, 6.07) is 0.443. The molecule has 7 heteroatoms. The molecule has 1 fully saturated rings. The molecule has 1 saturated heterocycles. The van der Waals surface area contributed by atoms with E-state index in [0.717, 1.165) is 51.8 Å². The van der Waals surface area contributed by atoms with Gasteiger partial charge in [-0.1, -0.05) is 13.8 Å². The van der Waals surface area contributed by atoms with E-state index >= 15 is 0 Å². The molecule has 1 rings (SSSR count). The van der Waals surface area contributed by atoms with Gasteiger partial charge in [0.1, 0.15) is 0 Å². The summed E-state index contributed by atoms with van der Waals surface area (Å²) < 4.78 is 17.5. The molecular formula is C19H40N4O2S. The zero-order chi connectivity index (χ0) is 19.6. The maximum Gasteiger partial charge on any atom is 0.191 e. The molecule has 0 aromatic heterocycles. The fraction of sp³-hybridized carbons (Fsp3) is 0.947. The third-order valence-electron chi connectivity index (χ3n) is 4.37. The Kier molecular flexibility index (Phi) is 10.7. The van der Waals surface area contributed by atoms with E-state index in [1.165, 1.54) is 0 Å². The molecule has 6 nitrogen and oxygen atoms in total. The Balaban J connectivity index is 2.61. The summed E-state index contributed by atoms with van der Waals surface area (Å²) in [5, 5.41) is 6.64. The molecule has 0 saturated carbocycles. The van der Waals surface area contributed by atoms with Gasteiger partial charge in [-0.05, 0) is 40.0 Å². The maximum atomic E-state index is 12.2. The second-order valence-electron chi connectivity index (χ2n) is 8.24. The standard InChI is InChI=1S/C19H40N4O2S/c1-7-20-18(21-8-13-26(24)19(4,5)6)22-15-17(14-16(2)3)23-9-11-25-12-10-23/h16-17H,7-15H2,1-6H3,(H2,20,21,22). The minimum atomic E-state index is -0.849. The van der Waals surface area contributed by atoms with E-state index in [-0.39, 0.29) is 4.75 Å². The fourth-order valence-corrected chi connectivity index (χ4v) is 3.83. The lowest BCUT2D eigenvalue weighted by molar-refractivity contribution is 0.0143. The summed E-state index contributed by atoms with van der Waals surface area (Å²) >= 11 is 0. The summed E-state index contributed by atoms with van der Waals surface area (Å²) in [5.41, 5.74) is 0. The highest BCUT2D eigenvalue weighted by molar-refractivity contribution is 7.86. The lowest BCUT2D eigenvalue weighted by atomic mass is 10.0. The molecular weight excluding hydrogens is 348 g/mol. The van der Waals surface area contributed by atoms with Crippen LogP contribution in [0.2, 0.25) is 0 Å². The first-order valence-corrected chi connectivity index (χ1v) is 11.3. The number of hydrogen-bond donors (Lipinski definition) is 2. The maximum absolute atomic E-state index is 12.2. The minimum Gasteiger partial charge on any atom is -0.379 e. The molecule has 2 N–H and O–H groups in total. The van der Waals surface area contributed by atoms with Gasteiger partial charge in [-0.2, -0.15) is 0 Å². The average molecular weight is 389 g/mol. The third kappa shape index (κ3) is 9.33. The van der Waals surface area contributed by atoms with E-state index in [1.54, 1.807) is 0 Å². The first kappa shape index (κ1) is 23.4. The lowest BCUT2D eigenvalue weighted by Crippen LogP contribution is -2.46. The average Bonchev–Trinajstić information content (AvgIpc) is 2.57. The fourth-order valence-electron chi connectivity index (χ4n) is 2.93. The van der Waals surface area contributed by atoms with Crippen LogP contribution in [0.3, 0.4) is 0 Å². The molecule has 0 radical (unpaired) electrons. The van der Waals surface area contributed by atoms with Crippen molar-refractivity contribution < 1.29 is 8.95 Å². The number of aliphatic imine (C=N–C) groups is 1.